The summed E-state index contributed by atoms with van der Waals surface area (Å²) < 4.78 is 1.79. The van der Waals surface area contributed by atoms with Crippen LogP contribution in [0.1, 0.15) is 40.6 Å². The van der Waals surface area contributed by atoms with E-state index in [4.69, 9.17) is 5.11 Å². The topological polar surface area (TPSA) is 97.1 Å². The molecule has 0 fully saturated rings. The summed E-state index contributed by atoms with van der Waals surface area (Å²) in [7, 11) is 0. The molecule has 3 aromatic heterocycles. The first-order chi connectivity index (χ1) is 11.0. The molecule has 0 aliphatic heterocycles. The van der Waals surface area contributed by atoms with Crippen LogP contribution in [0.15, 0.2) is 29.9 Å². The second kappa shape index (κ2) is 5.81. The van der Waals surface area contributed by atoms with Gasteiger partial charge in [0.05, 0.1) is 22.3 Å². The predicted molar refractivity (Wildman–Crippen MR) is 87.1 cm³/mol. The number of carbonyl (C=O) groups excluding carboxylic acids is 1. The number of carboxylic acids is 1. The van der Waals surface area contributed by atoms with Gasteiger partial charge in [-0.05, 0) is 26.0 Å². The molecule has 0 atom stereocenters. The minimum absolute atomic E-state index is 0.150. The monoisotopic (exact) mass is 330 g/mol. The molecule has 3 aromatic rings. The lowest BCUT2D eigenvalue weighted by Crippen LogP contribution is -2.11. The average Bonchev–Trinajstić information content (AvgIpc) is 3.12. The normalized spacial score (nSPS) is 11.1. The first-order valence-electron chi connectivity index (χ1n) is 6.92. The van der Waals surface area contributed by atoms with Crippen molar-refractivity contribution in [3.05, 3.63) is 41.0 Å². The van der Waals surface area contributed by atoms with E-state index in [0.717, 1.165) is 22.4 Å². The molecule has 0 saturated carbocycles. The van der Waals surface area contributed by atoms with Crippen molar-refractivity contribution in [3.63, 3.8) is 0 Å². The number of carbonyl (C=O) groups is 2. The van der Waals surface area contributed by atoms with Crippen LogP contribution in [-0.2, 0) is 0 Å². The van der Waals surface area contributed by atoms with Crippen molar-refractivity contribution >= 4 is 39.2 Å². The van der Waals surface area contributed by atoms with Crippen molar-refractivity contribution in [2.45, 2.75) is 19.9 Å². The molecule has 0 spiro atoms. The zero-order valence-electron chi connectivity index (χ0n) is 12.5. The van der Waals surface area contributed by atoms with Crippen LogP contribution in [0.4, 0.5) is 5.00 Å². The number of aromatic carboxylic acids is 1. The third-order valence-electron chi connectivity index (χ3n) is 3.27. The van der Waals surface area contributed by atoms with E-state index in [9.17, 15) is 9.59 Å². The van der Waals surface area contributed by atoms with E-state index in [1.807, 2.05) is 13.8 Å². The van der Waals surface area contributed by atoms with Gasteiger partial charge < -0.3 is 10.4 Å². The largest absolute Gasteiger partial charge is 0.478 e. The highest BCUT2D eigenvalue weighted by Gasteiger charge is 2.13. The van der Waals surface area contributed by atoms with E-state index < -0.39 is 5.97 Å². The lowest BCUT2D eigenvalue weighted by atomic mass is 10.2. The molecule has 0 unspecified atom stereocenters. The van der Waals surface area contributed by atoms with Crippen molar-refractivity contribution in [1.82, 2.24) is 14.8 Å². The average molecular weight is 330 g/mol. The van der Waals surface area contributed by atoms with Crippen molar-refractivity contribution in [1.29, 1.82) is 0 Å². The molecule has 3 rings (SSSR count). The molecule has 0 bridgehead atoms. The van der Waals surface area contributed by atoms with E-state index in [-0.39, 0.29) is 17.5 Å². The Morgan fingerprint density at radius 2 is 2.04 bits per heavy atom. The highest BCUT2D eigenvalue weighted by molar-refractivity contribution is 7.14. The van der Waals surface area contributed by atoms with Gasteiger partial charge in [0, 0.05) is 23.0 Å². The van der Waals surface area contributed by atoms with Crippen LogP contribution in [-0.4, -0.2) is 31.7 Å². The molecule has 23 heavy (non-hydrogen) atoms. The molecule has 3 heterocycles. The number of hydrogen-bond donors (Lipinski definition) is 2. The third kappa shape index (κ3) is 2.93. The Morgan fingerprint density at radius 3 is 2.70 bits per heavy atom. The molecular weight excluding hydrogens is 316 g/mol. The van der Waals surface area contributed by atoms with Crippen LogP contribution >= 0.6 is 11.3 Å². The van der Waals surface area contributed by atoms with Crippen LogP contribution in [0.25, 0.3) is 11.0 Å². The second-order valence-electron chi connectivity index (χ2n) is 5.28. The Labute approximate surface area is 135 Å². The van der Waals surface area contributed by atoms with Crippen LogP contribution < -0.4 is 5.32 Å². The van der Waals surface area contributed by atoms with Crippen LogP contribution in [0.3, 0.4) is 0 Å². The Bertz CT molecular complexity index is 897. The summed E-state index contributed by atoms with van der Waals surface area (Å²) >= 11 is 1.16. The van der Waals surface area contributed by atoms with Gasteiger partial charge in [0.25, 0.3) is 5.91 Å². The number of carboxylic acid groups (broad SMARTS) is 1. The standard InChI is InChI=1S/C15H14N4O3S/c1-8(2)19-13-9(6-17-19)3-10(5-16-13)14(20)18-12-4-11(7-23-12)15(21)22/h3-8H,1-2H3,(H,18,20)(H,21,22). The lowest BCUT2D eigenvalue weighted by Gasteiger charge is -2.06. The zero-order chi connectivity index (χ0) is 16.6. The molecule has 2 N–H and O–H groups in total. The Morgan fingerprint density at radius 1 is 1.26 bits per heavy atom. The van der Waals surface area contributed by atoms with Gasteiger partial charge in [-0.2, -0.15) is 5.10 Å². The van der Waals surface area contributed by atoms with E-state index in [1.54, 1.807) is 16.9 Å². The number of fused-ring (bicyclic) bond motifs is 1. The van der Waals surface area contributed by atoms with Crippen molar-refractivity contribution in [2.75, 3.05) is 5.32 Å². The molecule has 0 radical (unpaired) electrons. The van der Waals surface area contributed by atoms with E-state index in [0.29, 0.717) is 10.6 Å². The van der Waals surface area contributed by atoms with Crippen LogP contribution in [0, 0.1) is 0 Å². The summed E-state index contributed by atoms with van der Waals surface area (Å²) in [4.78, 5) is 27.4. The fourth-order valence-corrected chi connectivity index (χ4v) is 2.91. The Hall–Kier alpha value is -2.74. The number of anilines is 1. The molecule has 0 aliphatic carbocycles. The van der Waals surface area contributed by atoms with Gasteiger partial charge in [0.2, 0.25) is 0 Å². The molecule has 1 amide bonds. The maximum Gasteiger partial charge on any atom is 0.336 e. The molecule has 0 saturated heterocycles. The number of nitrogens with zero attached hydrogens (tertiary/aromatic N) is 3. The van der Waals surface area contributed by atoms with Gasteiger partial charge in [-0.1, -0.05) is 0 Å². The predicted octanol–water partition coefficient (Wildman–Crippen LogP) is 3.02. The minimum atomic E-state index is -1.02. The summed E-state index contributed by atoms with van der Waals surface area (Å²) in [5.74, 6) is -1.36. The number of rotatable bonds is 4. The number of nitrogens with one attached hydrogen (secondary N) is 1. The van der Waals surface area contributed by atoms with Crippen LogP contribution in [0.5, 0.6) is 0 Å². The third-order valence-corrected chi connectivity index (χ3v) is 4.11. The van der Waals surface area contributed by atoms with Gasteiger partial charge in [0.15, 0.2) is 5.65 Å². The SMILES string of the molecule is CC(C)n1ncc2cc(C(=O)Nc3cc(C(=O)O)cs3)cnc21. The summed E-state index contributed by atoms with van der Waals surface area (Å²) in [5.41, 5.74) is 1.27. The molecule has 0 aromatic carbocycles. The zero-order valence-corrected chi connectivity index (χ0v) is 13.3. The maximum atomic E-state index is 12.3. The van der Waals surface area contributed by atoms with E-state index in [2.05, 4.69) is 15.4 Å². The molecular formula is C15H14N4O3S. The van der Waals surface area contributed by atoms with E-state index in [1.165, 1.54) is 17.6 Å². The Balaban J connectivity index is 1.84. The van der Waals surface area contributed by atoms with Gasteiger partial charge in [0.1, 0.15) is 0 Å². The van der Waals surface area contributed by atoms with Gasteiger partial charge in [-0.3, -0.25) is 4.79 Å². The highest BCUT2D eigenvalue weighted by Crippen LogP contribution is 2.22. The molecule has 7 nitrogen and oxygen atoms in total. The fourth-order valence-electron chi connectivity index (χ4n) is 2.14. The molecule has 8 heteroatoms. The van der Waals surface area contributed by atoms with Crippen LogP contribution in [0.2, 0.25) is 0 Å². The number of hydrogen-bond acceptors (Lipinski definition) is 5. The number of amides is 1. The number of aromatic nitrogens is 3. The second-order valence-corrected chi connectivity index (χ2v) is 6.19. The number of pyridine rings is 1. The van der Waals surface area contributed by atoms with Crippen molar-refractivity contribution in [2.24, 2.45) is 0 Å². The van der Waals surface area contributed by atoms with Crippen molar-refractivity contribution in [3.8, 4) is 0 Å². The first kappa shape index (κ1) is 15.2. The number of thiophene rings is 1. The summed E-state index contributed by atoms with van der Waals surface area (Å²) in [6.45, 7) is 4.01. The minimum Gasteiger partial charge on any atom is -0.478 e. The Kier molecular flexibility index (Phi) is 3.83. The first-order valence-corrected chi connectivity index (χ1v) is 7.80. The van der Waals surface area contributed by atoms with E-state index >= 15 is 0 Å². The quantitative estimate of drug-likeness (QED) is 0.766. The van der Waals surface area contributed by atoms with Gasteiger partial charge in [-0.15, -0.1) is 11.3 Å². The molecule has 0 aliphatic rings. The fraction of sp³-hybridized carbons (Fsp3) is 0.200. The van der Waals surface area contributed by atoms with Crippen molar-refractivity contribution < 1.29 is 14.7 Å². The maximum absolute atomic E-state index is 12.3. The van der Waals surface area contributed by atoms with Gasteiger partial charge in [-0.25, -0.2) is 14.5 Å². The van der Waals surface area contributed by atoms with Gasteiger partial charge >= 0.3 is 5.97 Å². The summed E-state index contributed by atoms with van der Waals surface area (Å²) in [6.07, 6.45) is 3.16. The smallest absolute Gasteiger partial charge is 0.336 e. The highest BCUT2D eigenvalue weighted by atomic mass is 32.1. The summed E-state index contributed by atoms with van der Waals surface area (Å²) in [6, 6.07) is 3.32. The molecule has 118 valence electrons. The lowest BCUT2D eigenvalue weighted by molar-refractivity contribution is 0.0697. The summed E-state index contributed by atoms with van der Waals surface area (Å²) in [5, 5.41) is 18.6.